The van der Waals surface area contributed by atoms with Crippen LogP contribution >= 0.6 is 0 Å². The molecule has 1 amide bonds. The summed E-state index contributed by atoms with van der Waals surface area (Å²) in [6, 6.07) is 14.5. The van der Waals surface area contributed by atoms with Crippen LogP contribution in [0.1, 0.15) is 29.5 Å². The van der Waals surface area contributed by atoms with E-state index in [1.807, 2.05) is 36.4 Å². The van der Waals surface area contributed by atoms with Gasteiger partial charge < -0.3 is 24.8 Å². The second kappa shape index (κ2) is 6.86. The predicted molar refractivity (Wildman–Crippen MR) is 127 cm³/mol. The van der Waals surface area contributed by atoms with E-state index < -0.39 is 5.60 Å². The SMILES string of the molecule is COc1ccc2c3c1O[C@H]1[C@@]4(OC)C=C[C@@]5(C[C@@H]4C(=O)NCc4ccccc4)[C@@H](C2)NCC[C@]315. The number of methoxy groups -OCH3 is 2. The quantitative estimate of drug-likeness (QED) is 0.675. The van der Waals surface area contributed by atoms with Crippen molar-refractivity contribution in [3.8, 4) is 11.5 Å². The molecule has 176 valence electrons. The first-order chi connectivity index (χ1) is 16.6. The van der Waals surface area contributed by atoms with Gasteiger partial charge in [0.15, 0.2) is 11.5 Å². The summed E-state index contributed by atoms with van der Waals surface area (Å²) < 4.78 is 18.9. The highest BCUT2D eigenvalue weighted by atomic mass is 16.6. The van der Waals surface area contributed by atoms with Crippen LogP contribution in [0.4, 0.5) is 0 Å². The zero-order valence-corrected chi connectivity index (χ0v) is 19.6. The molecule has 2 aromatic rings. The van der Waals surface area contributed by atoms with Crippen LogP contribution in [0.2, 0.25) is 0 Å². The summed E-state index contributed by atoms with van der Waals surface area (Å²) in [5.41, 5.74) is 2.46. The smallest absolute Gasteiger partial charge is 0.226 e. The number of hydrogen-bond acceptors (Lipinski definition) is 5. The van der Waals surface area contributed by atoms with Crippen molar-refractivity contribution < 1.29 is 19.0 Å². The highest BCUT2D eigenvalue weighted by Crippen LogP contribution is 2.73. The van der Waals surface area contributed by atoms with Crippen LogP contribution in [0.15, 0.2) is 54.6 Å². The van der Waals surface area contributed by atoms with Crippen molar-refractivity contribution in [2.24, 2.45) is 11.3 Å². The third kappa shape index (κ3) is 2.22. The van der Waals surface area contributed by atoms with Gasteiger partial charge in [-0.2, -0.15) is 0 Å². The minimum Gasteiger partial charge on any atom is -0.493 e. The topological polar surface area (TPSA) is 68.8 Å². The molecule has 6 aliphatic rings. The average Bonchev–Trinajstić information content (AvgIpc) is 3.24. The number of carbonyl (C=O) groups excluding carboxylic acids is 1. The van der Waals surface area contributed by atoms with Gasteiger partial charge in [0.25, 0.3) is 0 Å². The second-order valence-corrected chi connectivity index (χ2v) is 10.5. The maximum atomic E-state index is 13.8. The van der Waals surface area contributed by atoms with E-state index in [0.717, 1.165) is 42.9 Å². The molecule has 2 fully saturated rings. The lowest BCUT2D eigenvalue weighted by Crippen LogP contribution is -2.79. The Hall–Kier alpha value is -2.83. The molecular weight excluding hydrogens is 428 g/mol. The van der Waals surface area contributed by atoms with E-state index in [1.165, 1.54) is 11.1 Å². The summed E-state index contributed by atoms with van der Waals surface area (Å²) in [4.78, 5) is 13.8. The maximum Gasteiger partial charge on any atom is 0.226 e. The summed E-state index contributed by atoms with van der Waals surface area (Å²) in [6.07, 6.45) is 6.86. The molecule has 2 spiro atoms. The Kier molecular flexibility index (Phi) is 4.14. The second-order valence-electron chi connectivity index (χ2n) is 10.5. The van der Waals surface area contributed by atoms with E-state index in [0.29, 0.717) is 6.54 Å². The van der Waals surface area contributed by atoms with Crippen LogP contribution in [0.5, 0.6) is 11.5 Å². The van der Waals surface area contributed by atoms with Crippen molar-refractivity contribution in [2.75, 3.05) is 20.8 Å². The zero-order valence-electron chi connectivity index (χ0n) is 19.6. The summed E-state index contributed by atoms with van der Waals surface area (Å²) in [6.45, 7) is 1.43. The van der Waals surface area contributed by atoms with Crippen molar-refractivity contribution in [3.63, 3.8) is 0 Å². The molecule has 2 N–H and O–H groups in total. The summed E-state index contributed by atoms with van der Waals surface area (Å²) in [5.74, 6) is 1.31. The third-order valence-corrected chi connectivity index (χ3v) is 9.46. The van der Waals surface area contributed by atoms with E-state index in [9.17, 15) is 4.79 Å². The Balaban J connectivity index is 1.35. The number of rotatable bonds is 5. The first kappa shape index (κ1) is 20.5. The van der Waals surface area contributed by atoms with Crippen LogP contribution in [0.25, 0.3) is 0 Å². The molecule has 4 aliphatic carbocycles. The van der Waals surface area contributed by atoms with E-state index in [4.69, 9.17) is 14.2 Å². The Morgan fingerprint density at radius 2 is 2.03 bits per heavy atom. The molecule has 34 heavy (non-hydrogen) atoms. The zero-order chi connectivity index (χ0) is 23.1. The molecule has 1 saturated carbocycles. The van der Waals surface area contributed by atoms with Gasteiger partial charge >= 0.3 is 0 Å². The lowest BCUT2D eigenvalue weighted by Gasteiger charge is -2.69. The average molecular weight is 459 g/mol. The number of fused-ring (bicyclic) bond motifs is 1. The largest absolute Gasteiger partial charge is 0.493 e. The standard InChI is InChI=1S/C28H30N2O4/c1-32-20-9-8-18-14-21-26-10-11-28(33-2,25-27(26,12-13-29-21)22(18)23(20)34-25)19(15-26)24(31)30-16-17-6-4-3-5-7-17/h3-11,19,21,25,29H,12-16H2,1-2H3,(H,30,31)/t19-,21-,25-,26-,27+,28-/m1/s1. The van der Waals surface area contributed by atoms with Crippen LogP contribution in [0.3, 0.4) is 0 Å². The first-order valence-electron chi connectivity index (χ1n) is 12.3. The molecule has 1 saturated heterocycles. The van der Waals surface area contributed by atoms with Crippen molar-refractivity contribution in [2.45, 2.75) is 49.0 Å². The van der Waals surface area contributed by atoms with Crippen LogP contribution in [-0.2, 0) is 27.9 Å². The number of carbonyl (C=O) groups is 1. The van der Waals surface area contributed by atoms with Gasteiger partial charge in [-0.15, -0.1) is 0 Å². The molecule has 2 heterocycles. The molecule has 2 aliphatic heterocycles. The van der Waals surface area contributed by atoms with E-state index in [-0.39, 0.29) is 34.8 Å². The minimum absolute atomic E-state index is 0.0275. The monoisotopic (exact) mass is 458 g/mol. The van der Waals surface area contributed by atoms with Crippen molar-refractivity contribution in [3.05, 3.63) is 71.3 Å². The molecule has 2 aromatic carbocycles. The van der Waals surface area contributed by atoms with Crippen molar-refractivity contribution in [1.29, 1.82) is 0 Å². The molecule has 4 bridgehead atoms. The summed E-state index contributed by atoms with van der Waals surface area (Å²) in [5, 5.41) is 7.01. The lowest BCUT2D eigenvalue weighted by atomic mass is 9.37. The Bertz CT molecular complexity index is 1210. The molecule has 0 unspecified atom stereocenters. The molecule has 6 atom stereocenters. The van der Waals surface area contributed by atoms with Gasteiger partial charge in [-0.05, 0) is 43.0 Å². The van der Waals surface area contributed by atoms with Gasteiger partial charge in [-0.3, -0.25) is 4.79 Å². The molecule has 8 rings (SSSR count). The van der Waals surface area contributed by atoms with Crippen LogP contribution < -0.4 is 20.1 Å². The Labute approximate surface area is 199 Å². The Morgan fingerprint density at radius 1 is 1.18 bits per heavy atom. The highest BCUT2D eigenvalue weighted by molar-refractivity contribution is 5.82. The molecule has 0 aromatic heterocycles. The van der Waals surface area contributed by atoms with Gasteiger partial charge in [0.05, 0.1) is 18.4 Å². The van der Waals surface area contributed by atoms with Crippen molar-refractivity contribution in [1.82, 2.24) is 10.6 Å². The number of nitrogens with one attached hydrogen (secondary N) is 2. The number of amides is 1. The fourth-order valence-corrected chi connectivity index (χ4v) is 8.09. The molecule has 0 radical (unpaired) electrons. The summed E-state index contributed by atoms with van der Waals surface area (Å²) >= 11 is 0. The number of hydrogen-bond donors (Lipinski definition) is 2. The van der Waals surface area contributed by atoms with Gasteiger partial charge in [-0.1, -0.05) is 48.6 Å². The molecular formula is C28H30N2O4. The number of benzene rings is 2. The third-order valence-electron chi connectivity index (χ3n) is 9.46. The van der Waals surface area contributed by atoms with E-state index in [2.05, 4.69) is 28.9 Å². The van der Waals surface area contributed by atoms with Gasteiger partial charge in [0.2, 0.25) is 5.91 Å². The fourth-order valence-electron chi connectivity index (χ4n) is 8.09. The van der Waals surface area contributed by atoms with Gasteiger partial charge in [-0.25, -0.2) is 0 Å². The van der Waals surface area contributed by atoms with E-state index in [1.54, 1.807) is 14.2 Å². The number of piperidine rings is 1. The summed E-state index contributed by atoms with van der Waals surface area (Å²) in [7, 11) is 3.42. The van der Waals surface area contributed by atoms with Gasteiger partial charge in [0.1, 0.15) is 11.7 Å². The Morgan fingerprint density at radius 3 is 2.82 bits per heavy atom. The molecule has 6 nitrogen and oxygen atoms in total. The predicted octanol–water partition coefficient (Wildman–Crippen LogP) is 2.89. The minimum atomic E-state index is -0.830. The lowest BCUT2D eigenvalue weighted by molar-refractivity contribution is -0.202. The maximum absolute atomic E-state index is 13.8. The van der Waals surface area contributed by atoms with Crippen molar-refractivity contribution >= 4 is 5.91 Å². The molecule has 6 heteroatoms. The number of ether oxygens (including phenoxy) is 3. The van der Waals surface area contributed by atoms with Crippen LogP contribution in [0, 0.1) is 11.3 Å². The van der Waals surface area contributed by atoms with E-state index >= 15 is 0 Å². The first-order valence-corrected chi connectivity index (χ1v) is 12.3. The van der Waals surface area contributed by atoms with Gasteiger partial charge in [0, 0.05) is 30.7 Å². The highest BCUT2D eigenvalue weighted by Gasteiger charge is 2.79. The van der Waals surface area contributed by atoms with Crippen LogP contribution in [-0.4, -0.2) is 44.4 Å². The normalized spacial score (nSPS) is 37.6. The fraction of sp³-hybridized carbons (Fsp3) is 0.464.